The average molecular weight is 328 g/mol. The van der Waals surface area contributed by atoms with Crippen LogP contribution >= 0.6 is 0 Å². The number of nitrogens with one attached hydrogen (secondary N) is 1. The first-order valence-corrected chi connectivity index (χ1v) is 5.51. The summed E-state index contributed by atoms with van der Waals surface area (Å²) in [4.78, 5) is 11.7. The fourth-order valence-electron chi connectivity index (χ4n) is 1.27. The fraction of sp³-hybridized carbons (Fsp3) is 0.200. The number of rotatable bonds is 5. The van der Waals surface area contributed by atoms with Crippen LogP contribution in [0.5, 0.6) is 0 Å². The van der Waals surface area contributed by atoms with Crippen molar-refractivity contribution in [3.63, 3.8) is 0 Å². The van der Waals surface area contributed by atoms with Gasteiger partial charge in [0.1, 0.15) is 0 Å². The predicted molar refractivity (Wildman–Crippen MR) is 60.8 cm³/mol. The Bertz CT molecular complexity index is 415. The van der Waals surface area contributed by atoms with Gasteiger partial charge >= 0.3 is 0 Å². The van der Waals surface area contributed by atoms with E-state index in [2.05, 4.69) is 11.6 Å². The van der Waals surface area contributed by atoms with E-state index in [0.29, 0.717) is 11.3 Å². The predicted octanol–water partition coefficient (Wildman–Crippen LogP) is 0.253. The third-order valence-corrected chi connectivity index (χ3v) is 2.42. The zero-order valence-electron chi connectivity index (χ0n) is 9.30. The van der Waals surface area contributed by atoms with Crippen molar-refractivity contribution >= 4 is 23.4 Å². The quantitative estimate of drug-likeness (QED) is 0.479. The molecular formula is C10H11N2O3SY-3. The van der Waals surface area contributed by atoms with Gasteiger partial charge in [0.15, 0.2) is 0 Å². The summed E-state index contributed by atoms with van der Waals surface area (Å²) >= 11 is -2.28. The molecule has 1 unspecified atom stereocenters. The van der Waals surface area contributed by atoms with E-state index in [0.717, 1.165) is 5.56 Å². The van der Waals surface area contributed by atoms with E-state index in [9.17, 15) is 13.6 Å². The third kappa shape index (κ3) is 5.27. The Kier molecular flexibility index (Phi) is 7.82. The van der Waals surface area contributed by atoms with Crippen molar-refractivity contribution in [1.82, 2.24) is 4.72 Å². The van der Waals surface area contributed by atoms with Gasteiger partial charge in [0.05, 0.1) is 6.41 Å². The van der Waals surface area contributed by atoms with E-state index >= 15 is 0 Å². The summed E-state index contributed by atoms with van der Waals surface area (Å²) in [5.74, 6) is 0. The number of hydrogen-bond donors (Lipinski definition) is 1. The largest absolute Gasteiger partial charge is 0.760 e. The standard InChI is InChI=1S/C10H12N2O3S.Y/c1-8-5-9(6-11-16(14)15)3-4-10(8)12(2)7-13;/h3-5,11H,1,6H2,2H3,(H,14,15);/q-2;/p-1. The molecule has 0 saturated carbocycles. The summed E-state index contributed by atoms with van der Waals surface area (Å²) in [5, 5.41) is 0. The van der Waals surface area contributed by atoms with Crippen molar-refractivity contribution in [1.29, 1.82) is 0 Å². The number of anilines is 1. The van der Waals surface area contributed by atoms with Crippen LogP contribution in [-0.2, 0) is 55.3 Å². The summed E-state index contributed by atoms with van der Waals surface area (Å²) in [6.45, 7) is 3.98. The topological polar surface area (TPSA) is 72.5 Å². The maximum atomic E-state index is 10.4. The Hall–Kier alpha value is -0.266. The summed E-state index contributed by atoms with van der Waals surface area (Å²) in [6, 6.07) is 5.12. The molecule has 1 amide bonds. The molecule has 1 rings (SSSR count). The van der Waals surface area contributed by atoms with Crippen LogP contribution in [-0.4, -0.2) is 22.2 Å². The Morgan fingerprint density at radius 1 is 1.59 bits per heavy atom. The van der Waals surface area contributed by atoms with Gasteiger partial charge in [-0.1, -0.05) is 11.6 Å². The van der Waals surface area contributed by atoms with Crippen molar-refractivity contribution in [3.05, 3.63) is 36.2 Å². The third-order valence-electron chi connectivity index (χ3n) is 2.04. The number of carbonyl (C=O) groups excluding carboxylic acids is 1. The maximum absolute atomic E-state index is 10.4. The zero-order chi connectivity index (χ0) is 12.1. The smallest absolute Gasteiger partial charge is 0.0717 e. The van der Waals surface area contributed by atoms with Crippen LogP contribution in [0.4, 0.5) is 5.69 Å². The van der Waals surface area contributed by atoms with Crippen molar-refractivity contribution in [2.75, 3.05) is 11.9 Å². The van der Waals surface area contributed by atoms with E-state index in [1.165, 1.54) is 4.90 Å². The zero-order valence-corrected chi connectivity index (χ0v) is 13.0. The molecule has 91 valence electrons. The molecule has 0 aliphatic rings. The molecule has 0 aliphatic heterocycles. The van der Waals surface area contributed by atoms with Crippen LogP contribution < -0.4 is 9.62 Å². The first-order chi connectivity index (χ1) is 7.54. The van der Waals surface area contributed by atoms with Gasteiger partial charge in [-0.3, -0.25) is 4.21 Å². The van der Waals surface area contributed by atoms with Gasteiger partial charge in [-0.25, -0.2) is 17.2 Å². The Morgan fingerprint density at radius 2 is 2.24 bits per heavy atom. The van der Waals surface area contributed by atoms with E-state index in [1.807, 2.05) is 0 Å². The van der Waals surface area contributed by atoms with Crippen LogP contribution in [0.3, 0.4) is 0 Å². The average Bonchev–Trinajstić information content (AvgIpc) is 2.25. The van der Waals surface area contributed by atoms with Crippen LogP contribution in [0.15, 0.2) is 18.2 Å². The van der Waals surface area contributed by atoms with Gasteiger partial charge in [0, 0.05) is 50.5 Å². The second kappa shape index (κ2) is 7.95. The van der Waals surface area contributed by atoms with Gasteiger partial charge in [-0.05, 0) is 7.05 Å². The van der Waals surface area contributed by atoms with Crippen molar-refractivity contribution < 1.29 is 46.3 Å². The van der Waals surface area contributed by atoms with E-state index in [-0.39, 0.29) is 39.3 Å². The van der Waals surface area contributed by atoms with E-state index in [4.69, 9.17) is 0 Å². The minimum atomic E-state index is -2.28. The molecule has 0 heterocycles. The molecule has 1 radical (unpaired) electrons. The van der Waals surface area contributed by atoms with Crippen LogP contribution in [0, 0.1) is 6.92 Å². The summed E-state index contributed by atoms with van der Waals surface area (Å²) in [6.07, 6.45) is 1.72. The fourth-order valence-corrected chi connectivity index (χ4v) is 1.55. The van der Waals surface area contributed by atoms with Crippen molar-refractivity contribution in [2.45, 2.75) is 6.54 Å². The molecule has 1 aromatic rings. The Balaban J connectivity index is 0.00000256. The van der Waals surface area contributed by atoms with Gasteiger partial charge in [0.2, 0.25) is 0 Å². The molecule has 1 aromatic carbocycles. The minimum Gasteiger partial charge on any atom is -0.760 e. The number of nitrogens with zero attached hydrogens (tertiary/aromatic N) is 1. The molecular weight excluding hydrogens is 317 g/mol. The summed E-state index contributed by atoms with van der Waals surface area (Å²) in [5.41, 5.74) is 2.06. The van der Waals surface area contributed by atoms with E-state index < -0.39 is 11.3 Å². The van der Waals surface area contributed by atoms with Crippen LogP contribution in [0.1, 0.15) is 11.1 Å². The molecule has 0 fully saturated rings. The molecule has 0 aliphatic carbocycles. The molecule has 0 saturated heterocycles. The maximum Gasteiger partial charge on any atom is 0.0717 e. The van der Waals surface area contributed by atoms with Crippen molar-refractivity contribution in [3.8, 4) is 0 Å². The van der Waals surface area contributed by atoms with Gasteiger partial charge < -0.3 is 14.2 Å². The number of hydrogen-bond acceptors (Lipinski definition) is 3. The minimum absolute atomic E-state index is 0. The van der Waals surface area contributed by atoms with Gasteiger partial charge in [0.25, 0.3) is 0 Å². The molecule has 5 nitrogen and oxygen atoms in total. The Morgan fingerprint density at radius 3 is 2.71 bits per heavy atom. The van der Waals surface area contributed by atoms with E-state index in [1.54, 1.807) is 31.7 Å². The number of benzene rings is 1. The Labute approximate surface area is 128 Å². The summed E-state index contributed by atoms with van der Waals surface area (Å²) < 4.78 is 22.8. The molecule has 1 N–H and O–H groups in total. The first-order valence-electron chi connectivity index (χ1n) is 4.43. The normalized spacial score (nSPS) is 11.4. The van der Waals surface area contributed by atoms with Gasteiger partial charge in [-0.15, -0.1) is 11.8 Å². The first kappa shape index (κ1) is 16.7. The van der Waals surface area contributed by atoms with Crippen LogP contribution in [0.25, 0.3) is 0 Å². The monoisotopic (exact) mass is 328 g/mol. The summed E-state index contributed by atoms with van der Waals surface area (Å²) in [7, 11) is 1.57. The molecule has 1 atom stereocenters. The molecule has 0 spiro atoms. The molecule has 7 heteroatoms. The molecule has 17 heavy (non-hydrogen) atoms. The van der Waals surface area contributed by atoms with Crippen molar-refractivity contribution in [2.24, 2.45) is 0 Å². The molecule has 0 bridgehead atoms. The second-order valence-electron chi connectivity index (χ2n) is 3.17. The van der Waals surface area contributed by atoms with Gasteiger partial charge in [-0.2, -0.15) is 6.07 Å². The molecule has 0 aromatic heterocycles. The second-order valence-corrected chi connectivity index (χ2v) is 3.93. The SMILES string of the molecule is [CH2-]c1cc(CNS(=O)[O-])ccc1N(C)[C-]=O.[Y]. The number of amides is 1. The van der Waals surface area contributed by atoms with Crippen LogP contribution in [0.2, 0.25) is 0 Å².